The van der Waals surface area contributed by atoms with Crippen molar-refractivity contribution in [3.05, 3.63) is 43.8 Å². The molecule has 1 aromatic heterocycles. The maximum Gasteiger partial charge on any atom is 0.140 e. The molecule has 2 rings (SSSR count). The van der Waals surface area contributed by atoms with Crippen molar-refractivity contribution >= 4 is 27.3 Å². The molecule has 1 aromatic carbocycles. The van der Waals surface area contributed by atoms with Crippen LogP contribution in [0.5, 0.6) is 5.75 Å². The first kappa shape index (κ1) is 13.5. The van der Waals surface area contributed by atoms with E-state index < -0.39 is 0 Å². The zero-order valence-corrected chi connectivity index (χ0v) is 12.6. The number of rotatable bonds is 4. The van der Waals surface area contributed by atoms with Crippen molar-refractivity contribution in [1.82, 2.24) is 4.98 Å². The zero-order chi connectivity index (χ0) is 13.1. The summed E-state index contributed by atoms with van der Waals surface area (Å²) < 4.78 is 6.56. The highest BCUT2D eigenvalue weighted by molar-refractivity contribution is 9.10. The highest BCUT2D eigenvalue weighted by atomic mass is 79.9. The first-order valence-corrected chi connectivity index (χ1v) is 7.16. The Kier molecular flexibility index (Phi) is 4.37. The molecule has 5 heteroatoms. The van der Waals surface area contributed by atoms with Crippen LogP contribution in [0.3, 0.4) is 0 Å². The van der Waals surface area contributed by atoms with E-state index in [1.807, 2.05) is 25.1 Å². The Bertz CT molecular complexity index is 534. The third kappa shape index (κ3) is 3.10. The molecule has 0 atom stereocenters. The molecule has 96 valence electrons. The highest BCUT2D eigenvalue weighted by Crippen LogP contribution is 2.27. The number of aryl methyl sites for hydroxylation is 2. The minimum absolute atomic E-state index is 0.0315. The van der Waals surface area contributed by atoms with E-state index in [4.69, 9.17) is 9.84 Å². The van der Waals surface area contributed by atoms with E-state index in [2.05, 4.69) is 27.8 Å². The second-order valence-electron chi connectivity index (χ2n) is 3.96. The lowest BCUT2D eigenvalue weighted by molar-refractivity contribution is 0.280. The lowest BCUT2D eigenvalue weighted by Crippen LogP contribution is -1.96. The number of aromatic nitrogens is 1. The molecule has 1 heterocycles. The summed E-state index contributed by atoms with van der Waals surface area (Å²) in [6.07, 6.45) is 0. The molecule has 0 bridgehead atoms. The van der Waals surface area contributed by atoms with E-state index in [9.17, 15) is 0 Å². The number of hydrogen-bond acceptors (Lipinski definition) is 4. The van der Waals surface area contributed by atoms with E-state index >= 15 is 0 Å². The molecule has 0 amide bonds. The summed E-state index contributed by atoms with van der Waals surface area (Å²) in [6, 6.07) is 5.55. The van der Waals surface area contributed by atoms with Crippen LogP contribution in [0.15, 0.2) is 22.7 Å². The van der Waals surface area contributed by atoms with Crippen LogP contribution in [0.1, 0.15) is 21.1 Å². The van der Waals surface area contributed by atoms with Crippen molar-refractivity contribution in [2.75, 3.05) is 0 Å². The van der Waals surface area contributed by atoms with Crippen molar-refractivity contribution in [2.45, 2.75) is 27.1 Å². The number of aliphatic hydroxyl groups excluding tert-OH is 1. The van der Waals surface area contributed by atoms with Gasteiger partial charge in [0, 0.05) is 4.88 Å². The third-order valence-corrected chi connectivity index (χ3v) is 4.27. The van der Waals surface area contributed by atoms with Gasteiger partial charge < -0.3 is 9.84 Å². The van der Waals surface area contributed by atoms with Crippen molar-refractivity contribution in [2.24, 2.45) is 0 Å². The van der Waals surface area contributed by atoms with Gasteiger partial charge in [0.15, 0.2) is 0 Å². The second-order valence-corrected chi connectivity index (χ2v) is 6.10. The minimum atomic E-state index is 0.0315. The van der Waals surface area contributed by atoms with E-state index in [1.54, 1.807) is 11.3 Å². The normalized spacial score (nSPS) is 10.7. The van der Waals surface area contributed by atoms with Crippen molar-refractivity contribution < 1.29 is 9.84 Å². The maximum absolute atomic E-state index is 9.02. The molecule has 3 nitrogen and oxygen atoms in total. The van der Waals surface area contributed by atoms with E-state index in [0.717, 1.165) is 26.5 Å². The van der Waals surface area contributed by atoms with Gasteiger partial charge >= 0.3 is 0 Å². The number of halogens is 1. The second kappa shape index (κ2) is 5.82. The standard InChI is InChI=1S/C13H14BrNO2S/c1-8-9(2)18-13(15-8)7-17-12-4-3-10(6-16)5-11(12)14/h3-5,16H,6-7H2,1-2H3. The third-order valence-electron chi connectivity index (χ3n) is 2.60. The number of ether oxygens (including phenoxy) is 1. The molecule has 0 fully saturated rings. The van der Waals surface area contributed by atoms with Gasteiger partial charge in [0.1, 0.15) is 17.4 Å². The average molecular weight is 328 g/mol. The van der Waals surface area contributed by atoms with Gasteiger partial charge in [0.05, 0.1) is 16.8 Å². The SMILES string of the molecule is Cc1nc(COc2ccc(CO)cc2Br)sc1C. The molecular formula is C13H14BrNO2S. The Balaban J connectivity index is 2.06. The number of benzene rings is 1. The summed E-state index contributed by atoms with van der Waals surface area (Å²) >= 11 is 5.08. The van der Waals surface area contributed by atoms with Gasteiger partial charge in [-0.2, -0.15) is 0 Å². The molecule has 0 aliphatic rings. The monoisotopic (exact) mass is 327 g/mol. The van der Waals surface area contributed by atoms with Crippen LogP contribution in [0, 0.1) is 13.8 Å². The van der Waals surface area contributed by atoms with Crippen molar-refractivity contribution in [1.29, 1.82) is 0 Å². The lowest BCUT2D eigenvalue weighted by atomic mass is 10.2. The smallest absolute Gasteiger partial charge is 0.140 e. The molecule has 0 spiro atoms. The van der Waals surface area contributed by atoms with Gasteiger partial charge in [-0.05, 0) is 47.5 Å². The molecule has 18 heavy (non-hydrogen) atoms. The van der Waals surface area contributed by atoms with Crippen LogP contribution >= 0.6 is 27.3 Å². The van der Waals surface area contributed by atoms with Crippen LogP contribution in [-0.2, 0) is 13.2 Å². The quantitative estimate of drug-likeness (QED) is 0.933. The fourth-order valence-electron chi connectivity index (χ4n) is 1.50. The molecule has 0 saturated heterocycles. The van der Waals surface area contributed by atoms with Gasteiger partial charge in [-0.3, -0.25) is 0 Å². The van der Waals surface area contributed by atoms with Crippen molar-refractivity contribution in [3.8, 4) is 5.75 Å². The predicted octanol–water partition coefficient (Wildman–Crippen LogP) is 3.59. The van der Waals surface area contributed by atoms with Crippen molar-refractivity contribution in [3.63, 3.8) is 0 Å². The summed E-state index contributed by atoms with van der Waals surface area (Å²) in [6.45, 7) is 4.56. The Morgan fingerprint density at radius 3 is 2.72 bits per heavy atom. The maximum atomic E-state index is 9.02. The van der Waals surface area contributed by atoms with Crippen LogP contribution in [0.2, 0.25) is 0 Å². The van der Waals surface area contributed by atoms with Gasteiger partial charge in [-0.15, -0.1) is 11.3 Å². The summed E-state index contributed by atoms with van der Waals surface area (Å²) in [5.41, 5.74) is 1.92. The predicted molar refractivity (Wildman–Crippen MR) is 76.0 cm³/mol. The number of aliphatic hydroxyl groups is 1. The number of thiazole rings is 1. The summed E-state index contributed by atoms with van der Waals surface area (Å²) in [4.78, 5) is 5.65. The molecule has 2 aromatic rings. The summed E-state index contributed by atoms with van der Waals surface area (Å²) in [5.74, 6) is 0.762. The summed E-state index contributed by atoms with van der Waals surface area (Å²) in [5, 5.41) is 10.00. The Morgan fingerprint density at radius 1 is 1.39 bits per heavy atom. The zero-order valence-electron chi connectivity index (χ0n) is 10.2. The van der Waals surface area contributed by atoms with E-state index in [-0.39, 0.29) is 6.61 Å². The fraction of sp³-hybridized carbons (Fsp3) is 0.308. The van der Waals surface area contributed by atoms with Crippen LogP contribution < -0.4 is 4.74 Å². The molecule has 0 radical (unpaired) electrons. The summed E-state index contributed by atoms with van der Waals surface area (Å²) in [7, 11) is 0. The molecule has 0 aliphatic carbocycles. The minimum Gasteiger partial charge on any atom is -0.485 e. The van der Waals surface area contributed by atoms with Crippen LogP contribution in [0.4, 0.5) is 0 Å². The molecular weight excluding hydrogens is 314 g/mol. The number of nitrogens with zero attached hydrogens (tertiary/aromatic N) is 1. The largest absolute Gasteiger partial charge is 0.485 e. The fourth-order valence-corrected chi connectivity index (χ4v) is 2.89. The van der Waals surface area contributed by atoms with Gasteiger partial charge in [0.2, 0.25) is 0 Å². The Hall–Kier alpha value is -0.910. The van der Waals surface area contributed by atoms with Gasteiger partial charge in [0.25, 0.3) is 0 Å². The first-order valence-electron chi connectivity index (χ1n) is 5.55. The van der Waals surface area contributed by atoms with E-state index in [1.165, 1.54) is 4.88 Å². The van der Waals surface area contributed by atoms with Crippen LogP contribution in [0.25, 0.3) is 0 Å². The number of hydrogen-bond donors (Lipinski definition) is 1. The van der Waals surface area contributed by atoms with E-state index in [0.29, 0.717) is 6.61 Å². The molecule has 0 unspecified atom stereocenters. The topological polar surface area (TPSA) is 42.4 Å². The Morgan fingerprint density at radius 2 is 2.17 bits per heavy atom. The van der Waals surface area contributed by atoms with Crippen LogP contribution in [-0.4, -0.2) is 10.1 Å². The molecule has 0 aliphatic heterocycles. The average Bonchev–Trinajstić information content (AvgIpc) is 2.67. The van der Waals surface area contributed by atoms with Gasteiger partial charge in [-0.25, -0.2) is 4.98 Å². The van der Waals surface area contributed by atoms with Gasteiger partial charge in [-0.1, -0.05) is 6.07 Å². The lowest BCUT2D eigenvalue weighted by Gasteiger charge is -2.07. The molecule has 1 N–H and O–H groups in total. The molecule has 0 saturated carbocycles. The first-order chi connectivity index (χ1) is 8.60. The highest BCUT2D eigenvalue weighted by Gasteiger charge is 2.06. The Labute approximate surface area is 119 Å².